The highest BCUT2D eigenvalue weighted by atomic mass is 16.5. The fourth-order valence-corrected chi connectivity index (χ4v) is 3.25. The number of aromatic nitrogens is 2. The number of carbonyl (C=O) groups excluding carboxylic acids is 1. The Morgan fingerprint density at radius 3 is 2.63 bits per heavy atom. The molecule has 1 amide bonds. The van der Waals surface area contributed by atoms with Crippen LogP contribution in [0.3, 0.4) is 0 Å². The number of hydrogen-bond donors (Lipinski definition) is 2. The third-order valence-corrected chi connectivity index (χ3v) is 4.45. The minimum absolute atomic E-state index is 0.196. The van der Waals surface area contributed by atoms with Crippen LogP contribution in [0.25, 0.3) is 0 Å². The number of nitrogens with zero attached hydrogens (tertiary/aromatic N) is 2. The van der Waals surface area contributed by atoms with Crippen LogP contribution in [-0.2, 0) is 22.5 Å². The zero-order chi connectivity index (χ0) is 18.8. The average molecular weight is 361 g/mol. The molecular formula is C21H19N3O3. The molecule has 27 heavy (non-hydrogen) atoms. The topological polar surface area (TPSA) is 76.4 Å². The third kappa shape index (κ3) is 3.55. The second-order valence-electron chi connectivity index (χ2n) is 6.45. The Morgan fingerprint density at radius 2 is 1.93 bits per heavy atom. The first-order valence-corrected chi connectivity index (χ1v) is 8.62. The van der Waals surface area contributed by atoms with E-state index in [4.69, 9.17) is 4.74 Å². The molecule has 1 saturated heterocycles. The fraction of sp³-hybridized carbons (Fsp3) is 0.143. The predicted molar refractivity (Wildman–Crippen MR) is 99.8 cm³/mol. The SMILES string of the molecule is C=C1NC(=O)C(c2c(Cc3ccccc3)ncn2Cc2cccc(O)c2)O1. The summed E-state index contributed by atoms with van der Waals surface area (Å²) in [6.07, 6.45) is 1.49. The number of benzene rings is 2. The van der Waals surface area contributed by atoms with E-state index in [1.165, 1.54) is 0 Å². The molecule has 1 unspecified atom stereocenters. The smallest absolute Gasteiger partial charge is 0.274 e. The first kappa shape index (κ1) is 16.9. The van der Waals surface area contributed by atoms with E-state index in [0.29, 0.717) is 18.7 Å². The zero-order valence-corrected chi connectivity index (χ0v) is 14.6. The molecule has 6 nitrogen and oxygen atoms in total. The third-order valence-electron chi connectivity index (χ3n) is 4.45. The lowest BCUT2D eigenvalue weighted by Gasteiger charge is -2.14. The van der Waals surface area contributed by atoms with E-state index in [1.54, 1.807) is 24.5 Å². The van der Waals surface area contributed by atoms with Gasteiger partial charge in [-0.05, 0) is 29.8 Å². The second kappa shape index (κ2) is 6.99. The van der Waals surface area contributed by atoms with E-state index in [0.717, 1.165) is 16.8 Å². The molecule has 1 aliphatic heterocycles. The van der Waals surface area contributed by atoms with Gasteiger partial charge in [-0.2, -0.15) is 0 Å². The molecule has 3 aromatic rings. The first-order valence-electron chi connectivity index (χ1n) is 8.62. The molecule has 2 N–H and O–H groups in total. The maximum absolute atomic E-state index is 12.4. The summed E-state index contributed by atoms with van der Waals surface area (Å²) in [5.41, 5.74) is 3.46. The van der Waals surface area contributed by atoms with Crippen LogP contribution in [0, 0.1) is 0 Å². The van der Waals surface area contributed by atoms with Crippen LogP contribution in [0.5, 0.6) is 5.75 Å². The number of phenolic OH excluding ortho intramolecular Hbond substituents is 1. The van der Waals surface area contributed by atoms with Gasteiger partial charge in [-0.25, -0.2) is 4.98 Å². The van der Waals surface area contributed by atoms with Gasteiger partial charge in [0.15, 0.2) is 5.88 Å². The lowest BCUT2D eigenvalue weighted by molar-refractivity contribution is -0.123. The summed E-state index contributed by atoms with van der Waals surface area (Å²) in [4.78, 5) is 16.9. The second-order valence-corrected chi connectivity index (χ2v) is 6.45. The maximum atomic E-state index is 12.4. The van der Waals surface area contributed by atoms with Crippen molar-refractivity contribution in [3.8, 4) is 5.75 Å². The van der Waals surface area contributed by atoms with Crippen LogP contribution in [0.1, 0.15) is 28.6 Å². The van der Waals surface area contributed by atoms with Crippen molar-refractivity contribution in [2.45, 2.75) is 19.1 Å². The fourth-order valence-electron chi connectivity index (χ4n) is 3.25. The highest BCUT2D eigenvalue weighted by Crippen LogP contribution is 2.29. The number of imidazole rings is 1. The van der Waals surface area contributed by atoms with Crippen molar-refractivity contribution < 1.29 is 14.6 Å². The summed E-state index contributed by atoms with van der Waals surface area (Å²) in [5.74, 6) is 0.176. The number of rotatable bonds is 5. The van der Waals surface area contributed by atoms with E-state index < -0.39 is 6.10 Å². The molecule has 2 aromatic carbocycles. The standard InChI is InChI=1S/C21H19N3O3/c1-14-23-21(26)20(27-14)19-18(11-15-6-3-2-4-7-15)22-13-24(19)12-16-8-5-9-17(25)10-16/h2-10,13,20,25H,1,11-12H2,(H,23,26). The molecule has 4 rings (SSSR count). The zero-order valence-electron chi connectivity index (χ0n) is 14.6. The van der Waals surface area contributed by atoms with Crippen molar-refractivity contribution in [2.75, 3.05) is 0 Å². The summed E-state index contributed by atoms with van der Waals surface area (Å²) >= 11 is 0. The summed E-state index contributed by atoms with van der Waals surface area (Å²) < 4.78 is 7.52. The summed E-state index contributed by atoms with van der Waals surface area (Å²) in [6, 6.07) is 17.0. The monoisotopic (exact) mass is 361 g/mol. The number of aromatic hydroxyl groups is 1. The van der Waals surface area contributed by atoms with Crippen LogP contribution in [-0.4, -0.2) is 20.6 Å². The number of carbonyl (C=O) groups is 1. The molecular weight excluding hydrogens is 342 g/mol. The van der Waals surface area contributed by atoms with E-state index >= 15 is 0 Å². The molecule has 0 saturated carbocycles. The Balaban J connectivity index is 1.72. The Hall–Kier alpha value is -3.54. The van der Waals surface area contributed by atoms with Gasteiger partial charge in [-0.15, -0.1) is 0 Å². The van der Waals surface area contributed by atoms with E-state index in [1.807, 2.05) is 41.0 Å². The number of ether oxygens (including phenoxy) is 1. The number of hydrogen-bond acceptors (Lipinski definition) is 4. The molecule has 1 aromatic heterocycles. The molecule has 2 heterocycles. The molecule has 1 fully saturated rings. The minimum atomic E-state index is -0.795. The van der Waals surface area contributed by atoms with Gasteiger partial charge < -0.3 is 14.4 Å². The normalized spacial score (nSPS) is 16.2. The van der Waals surface area contributed by atoms with Gasteiger partial charge in [0, 0.05) is 13.0 Å². The highest BCUT2D eigenvalue weighted by Gasteiger charge is 2.35. The van der Waals surface area contributed by atoms with Crippen LogP contribution >= 0.6 is 0 Å². The predicted octanol–water partition coefficient (Wildman–Crippen LogP) is 2.89. The number of nitrogens with one attached hydrogen (secondary N) is 1. The van der Waals surface area contributed by atoms with Gasteiger partial charge in [0.2, 0.25) is 6.10 Å². The van der Waals surface area contributed by atoms with Crippen molar-refractivity contribution in [3.05, 3.63) is 95.9 Å². The quantitative estimate of drug-likeness (QED) is 0.733. The van der Waals surface area contributed by atoms with Gasteiger partial charge in [0.25, 0.3) is 5.91 Å². The largest absolute Gasteiger partial charge is 0.508 e. The van der Waals surface area contributed by atoms with E-state index in [2.05, 4.69) is 16.9 Å². The summed E-state index contributed by atoms with van der Waals surface area (Å²) in [5, 5.41) is 12.3. The Kier molecular flexibility index (Phi) is 4.38. The lowest BCUT2D eigenvalue weighted by atomic mass is 10.1. The van der Waals surface area contributed by atoms with Gasteiger partial charge in [-0.3, -0.25) is 10.1 Å². The van der Waals surface area contributed by atoms with Crippen molar-refractivity contribution in [1.82, 2.24) is 14.9 Å². The molecule has 1 atom stereocenters. The lowest BCUT2D eigenvalue weighted by Crippen LogP contribution is -2.21. The minimum Gasteiger partial charge on any atom is -0.508 e. The van der Waals surface area contributed by atoms with Crippen LogP contribution in [0.15, 0.2) is 73.4 Å². The average Bonchev–Trinajstić information content (AvgIpc) is 3.18. The van der Waals surface area contributed by atoms with Gasteiger partial charge >= 0.3 is 0 Å². The number of phenols is 1. The molecule has 6 heteroatoms. The first-order chi connectivity index (χ1) is 13.1. The Morgan fingerprint density at radius 1 is 1.15 bits per heavy atom. The summed E-state index contributed by atoms with van der Waals surface area (Å²) in [7, 11) is 0. The molecule has 0 bridgehead atoms. The van der Waals surface area contributed by atoms with Gasteiger partial charge in [0.05, 0.1) is 17.7 Å². The van der Waals surface area contributed by atoms with E-state index in [-0.39, 0.29) is 17.5 Å². The van der Waals surface area contributed by atoms with E-state index in [9.17, 15) is 9.90 Å². The van der Waals surface area contributed by atoms with Gasteiger partial charge in [-0.1, -0.05) is 42.5 Å². The highest BCUT2D eigenvalue weighted by molar-refractivity contribution is 5.85. The van der Waals surface area contributed by atoms with Crippen molar-refractivity contribution in [1.29, 1.82) is 0 Å². The number of amides is 1. The van der Waals surface area contributed by atoms with Crippen LogP contribution in [0.2, 0.25) is 0 Å². The van der Waals surface area contributed by atoms with Crippen molar-refractivity contribution in [3.63, 3.8) is 0 Å². The Labute approximate surface area is 156 Å². The Bertz CT molecular complexity index is 995. The van der Waals surface area contributed by atoms with Crippen LogP contribution < -0.4 is 5.32 Å². The molecule has 0 radical (unpaired) electrons. The molecule has 0 aliphatic carbocycles. The summed E-state index contributed by atoms with van der Waals surface area (Å²) in [6.45, 7) is 4.15. The van der Waals surface area contributed by atoms with Crippen LogP contribution in [0.4, 0.5) is 0 Å². The maximum Gasteiger partial charge on any atom is 0.274 e. The molecule has 136 valence electrons. The van der Waals surface area contributed by atoms with Crippen molar-refractivity contribution in [2.24, 2.45) is 0 Å². The van der Waals surface area contributed by atoms with Crippen molar-refractivity contribution >= 4 is 5.91 Å². The van der Waals surface area contributed by atoms with Gasteiger partial charge in [0.1, 0.15) is 5.75 Å². The molecule has 1 aliphatic rings. The molecule has 0 spiro atoms.